The number of benzene rings is 3. The van der Waals surface area contributed by atoms with Gasteiger partial charge < -0.3 is 15.0 Å². The average molecular weight is 409 g/mol. The molecule has 148 valence electrons. The first kappa shape index (κ1) is 19.3. The molecule has 0 saturated carbocycles. The molecule has 3 aromatic carbocycles. The summed E-state index contributed by atoms with van der Waals surface area (Å²) in [4.78, 5) is 26.1. The highest BCUT2D eigenvalue weighted by Gasteiger charge is 2.38. The monoisotopic (exact) mass is 408 g/mol. The number of para-hydroxylation sites is 1. The van der Waals surface area contributed by atoms with Crippen molar-refractivity contribution in [2.24, 2.45) is 0 Å². The molecule has 2 amide bonds. The number of fused-ring (bicyclic) bond motifs is 2. The molecule has 4 rings (SSSR count). The molecule has 0 saturated heterocycles. The molecular formula is C23H21ClN2O3. The van der Waals surface area contributed by atoms with Crippen molar-refractivity contribution in [2.75, 3.05) is 18.1 Å². The SMILES string of the molecule is CC(=O)N[C@H]1C(=O)N(CCCOc2cccc3ccccc23)c2c(Cl)cccc21. The third-order valence-corrected chi connectivity index (χ3v) is 5.30. The van der Waals surface area contributed by atoms with Crippen LogP contribution in [0.25, 0.3) is 10.8 Å². The Morgan fingerprint density at radius 2 is 1.86 bits per heavy atom. The molecule has 3 aromatic rings. The summed E-state index contributed by atoms with van der Waals surface area (Å²) in [5.41, 5.74) is 1.40. The van der Waals surface area contributed by atoms with Crippen molar-refractivity contribution in [1.29, 1.82) is 0 Å². The summed E-state index contributed by atoms with van der Waals surface area (Å²) in [7, 11) is 0. The van der Waals surface area contributed by atoms with E-state index < -0.39 is 6.04 Å². The third kappa shape index (κ3) is 3.78. The Balaban J connectivity index is 1.46. The van der Waals surface area contributed by atoms with Gasteiger partial charge in [-0.2, -0.15) is 0 Å². The second-order valence-corrected chi connectivity index (χ2v) is 7.39. The minimum atomic E-state index is -0.694. The normalized spacial score (nSPS) is 15.4. The van der Waals surface area contributed by atoms with Gasteiger partial charge >= 0.3 is 0 Å². The molecule has 0 aliphatic carbocycles. The Kier molecular flexibility index (Phi) is 5.41. The standard InChI is InChI=1S/C23H21ClN2O3/c1-15(27)25-21-18-10-5-11-19(24)22(18)26(23(21)28)13-6-14-29-20-12-4-8-16-7-2-3-9-17(16)20/h2-5,7-12,21H,6,13-14H2,1H3,(H,25,27)/t21-/m1/s1. The summed E-state index contributed by atoms with van der Waals surface area (Å²) in [6.45, 7) is 2.32. The van der Waals surface area contributed by atoms with E-state index in [1.807, 2.05) is 48.5 Å². The number of hydrogen-bond acceptors (Lipinski definition) is 3. The molecule has 29 heavy (non-hydrogen) atoms. The summed E-state index contributed by atoms with van der Waals surface area (Å²) in [5.74, 6) is 0.397. The number of ether oxygens (including phenoxy) is 1. The van der Waals surface area contributed by atoms with E-state index >= 15 is 0 Å². The molecule has 1 aliphatic heterocycles. The zero-order valence-electron chi connectivity index (χ0n) is 16.0. The number of rotatable bonds is 6. The van der Waals surface area contributed by atoms with Crippen LogP contribution in [0.1, 0.15) is 24.9 Å². The largest absolute Gasteiger partial charge is 0.493 e. The summed E-state index contributed by atoms with van der Waals surface area (Å²) in [5, 5.41) is 5.41. The maximum absolute atomic E-state index is 12.9. The number of amides is 2. The number of halogens is 1. The molecule has 0 aromatic heterocycles. The highest BCUT2D eigenvalue weighted by Crippen LogP contribution is 2.41. The molecule has 1 N–H and O–H groups in total. The Morgan fingerprint density at radius 1 is 1.10 bits per heavy atom. The molecule has 0 spiro atoms. The summed E-state index contributed by atoms with van der Waals surface area (Å²) in [6.07, 6.45) is 0.631. The first-order chi connectivity index (χ1) is 14.1. The number of anilines is 1. The van der Waals surface area contributed by atoms with E-state index in [4.69, 9.17) is 16.3 Å². The van der Waals surface area contributed by atoms with Gasteiger partial charge in [0.15, 0.2) is 0 Å². The zero-order valence-corrected chi connectivity index (χ0v) is 16.8. The topological polar surface area (TPSA) is 58.6 Å². The van der Waals surface area contributed by atoms with Crippen LogP contribution in [0, 0.1) is 0 Å². The number of carbonyl (C=O) groups is 2. The first-order valence-corrected chi connectivity index (χ1v) is 9.91. The van der Waals surface area contributed by atoms with Gasteiger partial charge in [-0.1, -0.05) is 60.1 Å². The predicted molar refractivity (Wildman–Crippen MR) is 114 cm³/mol. The van der Waals surface area contributed by atoms with Gasteiger partial charge in [-0.25, -0.2) is 0 Å². The van der Waals surface area contributed by atoms with Crippen LogP contribution in [0.2, 0.25) is 5.02 Å². The van der Waals surface area contributed by atoms with E-state index in [2.05, 4.69) is 5.32 Å². The van der Waals surface area contributed by atoms with Crippen LogP contribution in [0.3, 0.4) is 0 Å². The number of nitrogens with zero attached hydrogens (tertiary/aromatic N) is 1. The molecular weight excluding hydrogens is 388 g/mol. The van der Waals surface area contributed by atoms with Gasteiger partial charge in [0, 0.05) is 24.4 Å². The van der Waals surface area contributed by atoms with Crippen molar-refractivity contribution >= 4 is 39.9 Å². The highest BCUT2D eigenvalue weighted by molar-refractivity contribution is 6.34. The fourth-order valence-electron chi connectivity index (χ4n) is 3.74. The lowest BCUT2D eigenvalue weighted by Crippen LogP contribution is -2.37. The fraction of sp³-hybridized carbons (Fsp3) is 0.217. The highest BCUT2D eigenvalue weighted by atomic mass is 35.5. The van der Waals surface area contributed by atoms with Gasteiger partial charge in [0.05, 0.1) is 17.3 Å². The Bertz CT molecular complexity index is 1080. The van der Waals surface area contributed by atoms with Crippen LogP contribution in [0.15, 0.2) is 60.7 Å². The van der Waals surface area contributed by atoms with E-state index in [9.17, 15) is 9.59 Å². The van der Waals surface area contributed by atoms with Gasteiger partial charge in [0.25, 0.3) is 5.91 Å². The molecule has 1 heterocycles. The molecule has 0 unspecified atom stereocenters. The average Bonchev–Trinajstić information content (AvgIpc) is 2.97. The molecule has 0 fully saturated rings. The van der Waals surface area contributed by atoms with Crippen molar-refractivity contribution in [3.63, 3.8) is 0 Å². The van der Waals surface area contributed by atoms with Gasteiger partial charge in [0.2, 0.25) is 5.91 Å². The fourth-order valence-corrected chi connectivity index (χ4v) is 4.02. The van der Waals surface area contributed by atoms with Crippen LogP contribution < -0.4 is 15.0 Å². The van der Waals surface area contributed by atoms with Gasteiger partial charge in [0.1, 0.15) is 11.8 Å². The maximum atomic E-state index is 12.9. The summed E-state index contributed by atoms with van der Waals surface area (Å²) >= 11 is 6.37. The lowest BCUT2D eigenvalue weighted by Gasteiger charge is -2.19. The Morgan fingerprint density at radius 3 is 2.69 bits per heavy atom. The van der Waals surface area contributed by atoms with Crippen LogP contribution in [-0.4, -0.2) is 25.0 Å². The van der Waals surface area contributed by atoms with E-state index in [1.54, 1.807) is 17.0 Å². The van der Waals surface area contributed by atoms with Crippen molar-refractivity contribution < 1.29 is 14.3 Å². The van der Waals surface area contributed by atoms with Gasteiger partial charge in [-0.05, 0) is 23.9 Å². The van der Waals surface area contributed by atoms with Crippen molar-refractivity contribution in [1.82, 2.24) is 5.32 Å². The van der Waals surface area contributed by atoms with Crippen molar-refractivity contribution in [3.8, 4) is 5.75 Å². The summed E-state index contributed by atoms with van der Waals surface area (Å²) < 4.78 is 5.98. The van der Waals surface area contributed by atoms with Crippen LogP contribution >= 0.6 is 11.6 Å². The Hall–Kier alpha value is -3.05. The minimum absolute atomic E-state index is 0.173. The second kappa shape index (κ2) is 8.13. The van der Waals surface area contributed by atoms with Crippen LogP contribution in [-0.2, 0) is 9.59 Å². The molecule has 0 bridgehead atoms. The number of nitrogens with one attached hydrogen (secondary N) is 1. The van der Waals surface area contributed by atoms with Crippen LogP contribution in [0.4, 0.5) is 5.69 Å². The predicted octanol–water partition coefficient (Wildman–Crippen LogP) is 4.49. The number of carbonyl (C=O) groups excluding carboxylic acids is 2. The minimum Gasteiger partial charge on any atom is -0.493 e. The van der Waals surface area contributed by atoms with E-state index in [0.29, 0.717) is 30.3 Å². The van der Waals surface area contributed by atoms with Gasteiger partial charge in [-0.3, -0.25) is 9.59 Å². The summed E-state index contributed by atoms with van der Waals surface area (Å²) in [6, 6.07) is 18.7. The smallest absolute Gasteiger partial charge is 0.254 e. The quantitative estimate of drug-likeness (QED) is 0.611. The maximum Gasteiger partial charge on any atom is 0.254 e. The third-order valence-electron chi connectivity index (χ3n) is 4.99. The lowest BCUT2D eigenvalue weighted by atomic mass is 10.1. The molecule has 1 atom stereocenters. The lowest BCUT2D eigenvalue weighted by molar-refractivity contribution is -0.126. The van der Waals surface area contributed by atoms with Crippen LogP contribution in [0.5, 0.6) is 5.75 Å². The van der Waals surface area contributed by atoms with E-state index in [-0.39, 0.29) is 11.8 Å². The van der Waals surface area contributed by atoms with Gasteiger partial charge in [-0.15, -0.1) is 0 Å². The molecule has 1 aliphatic rings. The van der Waals surface area contributed by atoms with Crippen molar-refractivity contribution in [3.05, 3.63) is 71.2 Å². The Labute approximate surface area is 174 Å². The molecule has 0 radical (unpaired) electrons. The molecule has 6 heteroatoms. The first-order valence-electron chi connectivity index (χ1n) is 9.53. The van der Waals surface area contributed by atoms with E-state index in [0.717, 1.165) is 22.1 Å². The molecule has 5 nitrogen and oxygen atoms in total. The van der Waals surface area contributed by atoms with E-state index in [1.165, 1.54) is 6.92 Å². The zero-order chi connectivity index (χ0) is 20.4. The second-order valence-electron chi connectivity index (χ2n) is 6.98. The number of hydrogen-bond donors (Lipinski definition) is 1. The van der Waals surface area contributed by atoms with Crippen molar-refractivity contribution in [2.45, 2.75) is 19.4 Å².